The lowest BCUT2D eigenvalue weighted by Crippen LogP contribution is -2.00. The van der Waals surface area contributed by atoms with Gasteiger partial charge < -0.3 is 4.74 Å². The van der Waals surface area contributed by atoms with Gasteiger partial charge in [-0.05, 0) is 80.6 Å². The SMILES string of the molecule is Ic1cc(/C=N/Nc2ccccc2)cc(I)c1OCc1ccccc1. The van der Waals surface area contributed by atoms with E-state index in [0.29, 0.717) is 6.61 Å². The third-order valence-corrected chi connectivity index (χ3v) is 5.03. The molecule has 0 aliphatic heterocycles. The molecule has 3 rings (SSSR count). The Morgan fingerprint density at radius 2 is 1.48 bits per heavy atom. The second-order valence-electron chi connectivity index (χ2n) is 5.32. The molecule has 0 heterocycles. The van der Waals surface area contributed by atoms with E-state index in [-0.39, 0.29) is 0 Å². The van der Waals surface area contributed by atoms with Crippen LogP contribution in [-0.4, -0.2) is 6.21 Å². The third kappa shape index (κ3) is 5.43. The average molecular weight is 554 g/mol. The zero-order valence-corrected chi connectivity index (χ0v) is 17.6. The first-order valence-electron chi connectivity index (χ1n) is 7.72. The van der Waals surface area contributed by atoms with Crippen LogP contribution < -0.4 is 10.2 Å². The standard InChI is InChI=1S/C20H16I2N2O/c21-18-11-16(13-23-24-17-9-5-2-6-10-17)12-19(22)20(18)25-14-15-7-3-1-4-8-15/h1-13,24H,14H2/b23-13+. The van der Waals surface area contributed by atoms with E-state index in [2.05, 4.69) is 80.0 Å². The smallest absolute Gasteiger partial charge is 0.146 e. The summed E-state index contributed by atoms with van der Waals surface area (Å²) in [5, 5.41) is 4.29. The molecule has 25 heavy (non-hydrogen) atoms. The lowest BCUT2D eigenvalue weighted by atomic mass is 10.2. The largest absolute Gasteiger partial charge is 0.487 e. The second-order valence-corrected chi connectivity index (χ2v) is 7.65. The highest BCUT2D eigenvalue weighted by Gasteiger charge is 2.08. The van der Waals surface area contributed by atoms with Crippen LogP contribution in [0.3, 0.4) is 0 Å². The van der Waals surface area contributed by atoms with E-state index in [0.717, 1.165) is 29.7 Å². The molecule has 0 bridgehead atoms. The minimum Gasteiger partial charge on any atom is -0.487 e. The first-order chi connectivity index (χ1) is 12.2. The number of rotatable bonds is 6. The molecule has 0 aliphatic rings. The van der Waals surface area contributed by atoms with Crippen LogP contribution in [0.4, 0.5) is 5.69 Å². The first kappa shape index (κ1) is 18.2. The van der Waals surface area contributed by atoms with Crippen LogP contribution >= 0.6 is 45.2 Å². The summed E-state index contributed by atoms with van der Waals surface area (Å²) in [4.78, 5) is 0. The molecule has 0 amide bonds. The number of benzene rings is 3. The number of halogens is 2. The molecule has 3 aromatic carbocycles. The van der Waals surface area contributed by atoms with Gasteiger partial charge in [0, 0.05) is 0 Å². The van der Waals surface area contributed by atoms with E-state index >= 15 is 0 Å². The summed E-state index contributed by atoms with van der Waals surface area (Å²) in [6.45, 7) is 0.565. The Bertz CT molecular complexity index is 829. The molecule has 3 aromatic rings. The van der Waals surface area contributed by atoms with Crippen molar-refractivity contribution < 1.29 is 4.74 Å². The Labute approximate surface area is 174 Å². The Hall–Kier alpha value is -1.61. The van der Waals surface area contributed by atoms with Crippen molar-refractivity contribution in [1.29, 1.82) is 0 Å². The maximum Gasteiger partial charge on any atom is 0.146 e. The summed E-state index contributed by atoms with van der Waals surface area (Å²) in [5.41, 5.74) is 6.18. The molecule has 0 saturated heterocycles. The maximum absolute atomic E-state index is 6.01. The average Bonchev–Trinajstić information content (AvgIpc) is 2.63. The van der Waals surface area contributed by atoms with Gasteiger partial charge in [0.05, 0.1) is 19.0 Å². The van der Waals surface area contributed by atoms with E-state index in [4.69, 9.17) is 4.74 Å². The van der Waals surface area contributed by atoms with Crippen LogP contribution in [0.15, 0.2) is 77.9 Å². The summed E-state index contributed by atoms with van der Waals surface area (Å²) in [6.07, 6.45) is 1.82. The molecular weight excluding hydrogens is 538 g/mol. The molecule has 5 heteroatoms. The number of hydrazone groups is 1. The molecule has 0 fully saturated rings. The van der Waals surface area contributed by atoms with E-state index in [1.807, 2.05) is 54.7 Å². The number of hydrogen-bond donors (Lipinski definition) is 1. The Kier molecular flexibility index (Phi) is 6.69. The van der Waals surface area contributed by atoms with E-state index in [1.165, 1.54) is 0 Å². The van der Waals surface area contributed by atoms with Crippen molar-refractivity contribution in [1.82, 2.24) is 0 Å². The number of ether oxygens (including phenoxy) is 1. The predicted octanol–water partition coefficient (Wildman–Crippen LogP) is 5.92. The van der Waals surface area contributed by atoms with E-state index < -0.39 is 0 Å². The van der Waals surface area contributed by atoms with Gasteiger partial charge in [0.25, 0.3) is 0 Å². The number of anilines is 1. The van der Waals surface area contributed by atoms with E-state index in [1.54, 1.807) is 0 Å². The Morgan fingerprint density at radius 1 is 0.880 bits per heavy atom. The van der Waals surface area contributed by atoms with Crippen LogP contribution in [0.1, 0.15) is 11.1 Å². The van der Waals surface area contributed by atoms with Crippen molar-refractivity contribution in [3.05, 3.63) is 91.1 Å². The summed E-state index contributed by atoms with van der Waals surface area (Å²) in [5.74, 6) is 0.915. The molecule has 1 N–H and O–H groups in total. The lowest BCUT2D eigenvalue weighted by Gasteiger charge is -2.11. The van der Waals surface area contributed by atoms with Gasteiger partial charge >= 0.3 is 0 Å². The zero-order chi connectivity index (χ0) is 17.5. The normalized spacial score (nSPS) is 10.8. The Balaban J connectivity index is 1.67. The molecular formula is C20H16I2N2O. The number of nitrogens with zero attached hydrogens (tertiary/aromatic N) is 1. The molecule has 0 aromatic heterocycles. The number of nitrogens with one attached hydrogen (secondary N) is 1. The topological polar surface area (TPSA) is 33.6 Å². The predicted molar refractivity (Wildman–Crippen MR) is 120 cm³/mol. The number of hydrogen-bond acceptors (Lipinski definition) is 3. The molecule has 0 saturated carbocycles. The highest BCUT2D eigenvalue weighted by atomic mass is 127. The highest BCUT2D eigenvalue weighted by Crippen LogP contribution is 2.29. The van der Waals surface area contributed by atoms with Crippen LogP contribution in [0, 0.1) is 7.14 Å². The van der Waals surface area contributed by atoms with Gasteiger partial charge in [0.15, 0.2) is 0 Å². The fraction of sp³-hybridized carbons (Fsp3) is 0.0500. The molecule has 0 spiro atoms. The van der Waals surface area contributed by atoms with Crippen molar-refractivity contribution in [2.75, 3.05) is 5.43 Å². The third-order valence-electron chi connectivity index (χ3n) is 3.43. The van der Waals surface area contributed by atoms with Crippen molar-refractivity contribution in [2.45, 2.75) is 6.61 Å². The Morgan fingerprint density at radius 3 is 2.12 bits per heavy atom. The summed E-state index contributed by atoms with van der Waals surface area (Å²) in [6, 6.07) is 24.2. The highest BCUT2D eigenvalue weighted by molar-refractivity contribution is 14.1. The molecule has 0 unspecified atom stereocenters. The van der Waals surface area contributed by atoms with Crippen molar-refractivity contribution in [3.8, 4) is 5.75 Å². The molecule has 0 radical (unpaired) electrons. The monoisotopic (exact) mass is 554 g/mol. The van der Waals surface area contributed by atoms with E-state index in [9.17, 15) is 0 Å². The van der Waals surface area contributed by atoms with Gasteiger partial charge in [-0.25, -0.2) is 0 Å². The van der Waals surface area contributed by atoms with Crippen molar-refractivity contribution in [2.24, 2.45) is 5.10 Å². The van der Waals surface area contributed by atoms with Gasteiger partial charge in [0.1, 0.15) is 12.4 Å². The lowest BCUT2D eigenvalue weighted by molar-refractivity contribution is 0.302. The van der Waals surface area contributed by atoms with Gasteiger partial charge in [-0.15, -0.1) is 0 Å². The fourth-order valence-corrected chi connectivity index (χ4v) is 4.34. The van der Waals surface area contributed by atoms with Gasteiger partial charge in [-0.2, -0.15) is 5.10 Å². The molecule has 126 valence electrons. The van der Waals surface area contributed by atoms with Crippen LogP contribution in [0.2, 0.25) is 0 Å². The summed E-state index contributed by atoms with van der Waals surface area (Å²) >= 11 is 4.61. The molecule has 3 nitrogen and oxygen atoms in total. The van der Waals surface area contributed by atoms with Crippen molar-refractivity contribution >= 4 is 57.1 Å². The van der Waals surface area contributed by atoms with Gasteiger partial charge in [-0.3, -0.25) is 5.43 Å². The summed E-state index contributed by atoms with van der Waals surface area (Å²) in [7, 11) is 0. The van der Waals surface area contributed by atoms with Crippen LogP contribution in [0.25, 0.3) is 0 Å². The molecule has 0 atom stereocenters. The van der Waals surface area contributed by atoms with Crippen LogP contribution in [0.5, 0.6) is 5.75 Å². The number of para-hydroxylation sites is 1. The fourth-order valence-electron chi connectivity index (χ4n) is 2.22. The second kappa shape index (κ2) is 9.19. The minimum atomic E-state index is 0.565. The minimum absolute atomic E-state index is 0.565. The first-order valence-corrected chi connectivity index (χ1v) is 9.88. The van der Waals surface area contributed by atoms with Crippen LogP contribution in [-0.2, 0) is 6.61 Å². The van der Waals surface area contributed by atoms with Gasteiger partial charge in [-0.1, -0.05) is 48.5 Å². The van der Waals surface area contributed by atoms with Crippen molar-refractivity contribution in [3.63, 3.8) is 0 Å². The maximum atomic E-state index is 6.01. The summed E-state index contributed by atoms with van der Waals surface area (Å²) < 4.78 is 8.15. The quantitative estimate of drug-likeness (QED) is 0.233. The molecule has 0 aliphatic carbocycles. The zero-order valence-electron chi connectivity index (χ0n) is 13.3. The van der Waals surface area contributed by atoms with Gasteiger partial charge in [0.2, 0.25) is 0 Å².